The Labute approximate surface area is 178 Å². The lowest BCUT2D eigenvalue weighted by Gasteiger charge is -2.35. The second kappa shape index (κ2) is 7.98. The average molecular weight is 431 g/mol. The number of hydrogen-bond acceptors (Lipinski definition) is 4. The number of rotatable bonds is 3. The number of aromatic nitrogens is 2. The second-order valence-corrected chi connectivity index (χ2v) is 8.48. The highest BCUT2D eigenvalue weighted by Gasteiger charge is 2.31. The van der Waals surface area contributed by atoms with E-state index in [0.717, 1.165) is 25.0 Å². The zero-order valence-corrected chi connectivity index (χ0v) is 17.7. The molecule has 0 N–H and O–H groups in total. The van der Waals surface area contributed by atoms with Crippen molar-refractivity contribution in [2.75, 3.05) is 13.1 Å². The molecule has 1 amide bonds. The highest BCUT2D eigenvalue weighted by atomic mass is 19.4. The Hall–Kier alpha value is -2.90. The number of nitrogens with zero attached hydrogens (tertiary/aromatic N) is 3. The Morgan fingerprint density at radius 3 is 2.74 bits per heavy atom. The van der Waals surface area contributed by atoms with Crippen molar-refractivity contribution >= 4 is 17.0 Å². The van der Waals surface area contributed by atoms with Gasteiger partial charge in [0.25, 0.3) is 11.6 Å². The summed E-state index contributed by atoms with van der Waals surface area (Å²) in [6.07, 6.45) is -2.47. The van der Waals surface area contributed by atoms with E-state index in [1.54, 1.807) is 13.0 Å². The van der Waals surface area contributed by atoms with Crippen LogP contribution in [0.3, 0.4) is 0 Å². The molecule has 4 rings (SSSR count). The zero-order valence-electron chi connectivity index (χ0n) is 17.7. The first-order chi connectivity index (χ1) is 14.6. The number of benzene rings is 1. The summed E-state index contributed by atoms with van der Waals surface area (Å²) in [6, 6.07) is 6.46. The van der Waals surface area contributed by atoms with E-state index in [1.165, 1.54) is 12.1 Å². The summed E-state index contributed by atoms with van der Waals surface area (Å²) in [6.45, 7) is 7.33. The number of carbonyl (C=O) groups is 1. The van der Waals surface area contributed by atoms with Gasteiger partial charge in [-0.3, -0.25) is 4.79 Å². The molecule has 0 bridgehead atoms. The number of carbonyl (C=O) groups excluding carboxylic acids is 1. The Balaban J connectivity index is 1.79. The first-order valence-corrected chi connectivity index (χ1v) is 10.4. The molecule has 5 nitrogen and oxygen atoms in total. The third kappa shape index (κ3) is 4.16. The molecule has 3 aromatic rings. The largest absolute Gasteiger partial charge is 0.416 e. The van der Waals surface area contributed by atoms with Crippen molar-refractivity contribution < 1.29 is 22.5 Å². The Kier molecular flexibility index (Phi) is 5.49. The molecular formula is C23H24F3N3O2. The topological polar surface area (TPSA) is 59.2 Å². The van der Waals surface area contributed by atoms with Crippen molar-refractivity contribution in [2.24, 2.45) is 11.8 Å². The maximum absolute atomic E-state index is 13.5. The minimum absolute atomic E-state index is 0.146. The average Bonchev–Trinajstić information content (AvgIpc) is 3.13. The summed E-state index contributed by atoms with van der Waals surface area (Å²) in [7, 11) is 0. The summed E-state index contributed by atoms with van der Waals surface area (Å²) < 4.78 is 44.8. The fraction of sp³-hybridized carbons (Fsp3) is 0.435. The van der Waals surface area contributed by atoms with Gasteiger partial charge in [-0.1, -0.05) is 31.1 Å². The van der Waals surface area contributed by atoms with Gasteiger partial charge in [-0.15, -0.1) is 0 Å². The maximum atomic E-state index is 13.5. The molecule has 1 fully saturated rings. The van der Waals surface area contributed by atoms with Gasteiger partial charge in [0.1, 0.15) is 0 Å². The van der Waals surface area contributed by atoms with Crippen LogP contribution in [-0.2, 0) is 6.18 Å². The van der Waals surface area contributed by atoms with E-state index in [0.29, 0.717) is 41.6 Å². The Bertz CT molecular complexity index is 1120. The molecule has 0 aliphatic carbocycles. The van der Waals surface area contributed by atoms with Crippen LogP contribution >= 0.6 is 0 Å². The lowest BCUT2D eigenvalue weighted by Crippen LogP contribution is -2.41. The summed E-state index contributed by atoms with van der Waals surface area (Å²) in [4.78, 5) is 19.7. The van der Waals surface area contributed by atoms with E-state index in [4.69, 9.17) is 4.52 Å². The van der Waals surface area contributed by atoms with Gasteiger partial charge < -0.3 is 9.42 Å². The molecule has 1 aromatic carbocycles. The fourth-order valence-electron chi connectivity index (χ4n) is 4.18. The number of alkyl halides is 3. The van der Waals surface area contributed by atoms with Crippen LogP contribution in [-0.4, -0.2) is 34.0 Å². The van der Waals surface area contributed by atoms with Gasteiger partial charge >= 0.3 is 6.18 Å². The Morgan fingerprint density at radius 2 is 2.03 bits per heavy atom. The van der Waals surface area contributed by atoms with Crippen LogP contribution in [0.25, 0.3) is 22.4 Å². The van der Waals surface area contributed by atoms with Crippen molar-refractivity contribution in [1.29, 1.82) is 0 Å². The van der Waals surface area contributed by atoms with Crippen LogP contribution in [0.2, 0.25) is 0 Å². The van der Waals surface area contributed by atoms with E-state index < -0.39 is 11.7 Å². The number of amides is 1. The number of likely N-dealkylation sites (tertiary alicyclic amines) is 1. The minimum atomic E-state index is -4.47. The molecule has 0 spiro atoms. The summed E-state index contributed by atoms with van der Waals surface area (Å²) >= 11 is 0. The zero-order chi connectivity index (χ0) is 22.3. The van der Waals surface area contributed by atoms with Crippen molar-refractivity contribution in [1.82, 2.24) is 15.0 Å². The van der Waals surface area contributed by atoms with Gasteiger partial charge in [0, 0.05) is 18.7 Å². The molecule has 1 atom stereocenters. The molecule has 3 heterocycles. The lowest BCUT2D eigenvalue weighted by molar-refractivity contribution is -0.137. The van der Waals surface area contributed by atoms with Crippen LogP contribution in [0.15, 0.2) is 34.9 Å². The van der Waals surface area contributed by atoms with Crippen molar-refractivity contribution in [3.63, 3.8) is 0 Å². The number of aryl methyl sites for hydroxylation is 1. The molecule has 164 valence electrons. The third-order valence-electron chi connectivity index (χ3n) is 6.02. The molecule has 0 saturated carbocycles. The highest BCUT2D eigenvalue weighted by molar-refractivity contribution is 6.07. The smallest absolute Gasteiger partial charge is 0.338 e. The van der Waals surface area contributed by atoms with Gasteiger partial charge in [-0.2, -0.15) is 13.2 Å². The Morgan fingerprint density at radius 1 is 1.26 bits per heavy atom. The lowest BCUT2D eigenvalue weighted by atomic mass is 9.87. The van der Waals surface area contributed by atoms with Gasteiger partial charge in [0.2, 0.25) is 0 Å². The monoisotopic (exact) mass is 431 g/mol. The van der Waals surface area contributed by atoms with Gasteiger partial charge in [-0.05, 0) is 49.8 Å². The van der Waals surface area contributed by atoms with E-state index in [1.807, 2.05) is 4.90 Å². The molecule has 2 aromatic heterocycles. The van der Waals surface area contributed by atoms with Gasteiger partial charge in [0.15, 0.2) is 0 Å². The van der Waals surface area contributed by atoms with E-state index in [2.05, 4.69) is 24.0 Å². The second-order valence-electron chi connectivity index (χ2n) is 8.48. The normalized spacial score (nSPS) is 17.5. The molecule has 31 heavy (non-hydrogen) atoms. The van der Waals surface area contributed by atoms with Crippen molar-refractivity contribution in [3.05, 3.63) is 47.2 Å². The van der Waals surface area contributed by atoms with E-state index in [-0.39, 0.29) is 22.9 Å². The predicted molar refractivity (Wildman–Crippen MR) is 110 cm³/mol. The van der Waals surface area contributed by atoms with Crippen LogP contribution in [0.1, 0.15) is 48.3 Å². The molecular weight excluding hydrogens is 407 g/mol. The van der Waals surface area contributed by atoms with Gasteiger partial charge in [-0.25, -0.2) is 4.98 Å². The molecule has 0 radical (unpaired) electrons. The summed E-state index contributed by atoms with van der Waals surface area (Å²) in [5.41, 5.74) is 0.769. The SMILES string of the molecule is Cc1noc2nc(-c3cccc(C(F)(F)F)c3)cc(C(=O)N3CCCC(C(C)C)C3)c12. The quantitative estimate of drug-likeness (QED) is 0.532. The van der Waals surface area contributed by atoms with Gasteiger partial charge in [0.05, 0.1) is 27.9 Å². The van der Waals surface area contributed by atoms with Crippen LogP contribution in [0, 0.1) is 18.8 Å². The number of pyridine rings is 1. The molecule has 8 heteroatoms. The van der Waals surface area contributed by atoms with Crippen LogP contribution < -0.4 is 0 Å². The van der Waals surface area contributed by atoms with E-state index >= 15 is 0 Å². The third-order valence-corrected chi connectivity index (χ3v) is 6.02. The van der Waals surface area contributed by atoms with Crippen molar-refractivity contribution in [3.8, 4) is 11.3 Å². The fourth-order valence-corrected chi connectivity index (χ4v) is 4.18. The summed E-state index contributed by atoms with van der Waals surface area (Å²) in [5.74, 6) is 0.713. The standard InChI is InChI=1S/C23H24F3N3O2/c1-13(2)16-7-5-9-29(12-16)22(30)18-11-19(27-21-20(18)14(3)28-31-21)15-6-4-8-17(10-15)23(24,25)26/h4,6,8,10-11,13,16H,5,7,9,12H2,1-3H3. The van der Waals surface area contributed by atoms with Crippen molar-refractivity contribution in [2.45, 2.75) is 39.8 Å². The number of piperidine rings is 1. The van der Waals surface area contributed by atoms with Crippen LogP contribution in [0.4, 0.5) is 13.2 Å². The number of halogens is 3. The maximum Gasteiger partial charge on any atom is 0.416 e. The first kappa shape index (κ1) is 21.3. The molecule has 1 aliphatic heterocycles. The predicted octanol–water partition coefficient (Wildman–Crippen LogP) is 5.73. The molecule has 1 saturated heterocycles. The highest BCUT2D eigenvalue weighted by Crippen LogP contribution is 2.34. The number of fused-ring (bicyclic) bond motifs is 1. The molecule has 1 unspecified atom stereocenters. The summed E-state index contributed by atoms with van der Waals surface area (Å²) in [5, 5.41) is 4.44. The van der Waals surface area contributed by atoms with Crippen LogP contribution in [0.5, 0.6) is 0 Å². The number of hydrogen-bond donors (Lipinski definition) is 0. The first-order valence-electron chi connectivity index (χ1n) is 10.4. The van der Waals surface area contributed by atoms with E-state index in [9.17, 15) is 18.0 Å². The minimum Gasteiger partial charge on any atom is -0.338 e. The molecule has 1 aliphatic rings.